The van der Waals surface area contributed by atoms with Crippen LogP contribution in [0.25, 0.3) is 28.6 Å². The average molecular weight is 391 g/mol. The van der Waals surface area contributed by atoms with Crippen LogP contribution in [0, 0.1) is 17.0 Å². The highest BCUT2D eigenvalue weighted by atomic mass is 32.2. The topological polar surface area (TPSA) is 17.1 Å². The highest BCUT2D eigenvalue weighted by Crippen LogP contribution is 2.50. The Bertz CT molecular complexity index is 974. The Hall–Kier alpha value is 0.0400. The number of hydrogen-bond donors (Lipinski definition) is 0. The van der Waals surface area contributed by atoms with Crippen molar-refractivity contribution in [3.63, 3.8) is 0 Å². The van der Waals surface area contributed by atoms with E-state index in [1.54, 1.807) is 34.0 Å². The van der Waals surface area contributed by atoms with Gasteiger partial charge in [0.05, 0.1) is 28.6 Å². The molecule has 0 unspecified atom stereocenters. The van der Waals surface area contributed by atoms with E-state index in [1.165, 1.54) is 51.6 Å². The van der Waals surface area contributed by atoms with Gasteiger partial charge in [0.2, 0.25) is 0 Å². The monoisotopic (exact) mass is 390 g/mol. The third kappa shape index (κ3) is 1.93. The third-order valence-corrected chi connectivity index (χ3v) is 10.9. The Morgan fingerprint density at radius 3 is 1.80 bits per heavy atom. The van der Waals surface area contributed by atoms with Crippen molar-refractivity contribution in [1.29, 1.82) is 0 Å². The minimum Gasteiger partial charge on any atom is -0.265 e. The van der Waals surface area contributed by atoms with Gasteiger partial charge in [-0.15, -0.1) is 45.3 Å². The molecule has 0 aliphatic heterocycles. The van der Waals surface area contributed by atoms with E-state index >= 15 is 0 Å². The summed E-state index contributed by atoms with van der Waals surface area (Å²) in [5.41, 5.74) is 0. The van der Waals surface area contributed by atoms with Gasteiger partial charge >= 0.3 is 0 Å². The van der Waals surface area contributed by atoms with Crippen molar-refractivity contribution >= 4 is 99.0 Å². The Labute approximate surface area is 143 Å². The first kappa shape index (κ1) is 13.7. The molecule has 0 fully saturated rings. The smallest absolute Gasteiger partial charge is 0.265 e. The zero-order chi connectivity index (χ0) is 14.0. The van der Waals surface area contributed by atoms with Crippen LogP contribution in [0.3, 0.4) is 0 Å². The molecule has 102 valence electrons. The van der Waals surface area contributed by atoms with Gasteiger partial charge in [-0.3, -0.25) is 4.79 Å². The lowest BCUT2D eigenvalue weighted by atomic mass is 10.3. The van der Waals surface area contributed by atoms with Crippen molar-refractivity contribution in [3.8, 4) is 9.75 Å². The Balaban J connectivity index is 2.15. The zero-order valence-electron chi connectivity index (χ0n) is 10.3. The van der Waals surface area contributed by atoms with Crippen LogP contribution >= 0.6 is 80.2 Å². The molecule has 8 heteroatoms. The van der Waals surface area contributed by atoms with Gasteiger partial charge in [0.15, 0.2) is 0 Å². The van der Waals surface area contributed by atoms with Crippen LogP contribution in [-0.4, -0.2) is 0 Å². The molecule has 4 aromatic rings. The Morgan fingerprint density at radius 1 is 0.700 bits per heavy atom. The first-order chi connectivity index (χ1) is 9.54. The molecule has 0 radical (unpaired) electrons. The summed E-state index contributed by atoms with van der Waals surface area (Å²) in [6.07, 6.45) is 0. The fourth-order valence-corrected chi connectivity index (χ4v) is 10.1. The highest BCUT2D eigenvalue weighted by molar-refractivity contribution is 7.77. The van der Waals surface area contributed by atoms with Crippen molar-refractivity contribution in [2.24, 2.45) is 0 Å². The molecule has 0 saturated carbocycles. The highest BCUT2D eigenvalue weighted by Gasteiger charge is 2.20. The summed E-state index contributed by atoms with van der Waals surface area (Å²) in [6, 6.07) is 0. The summed E-state index contributed by atoms with van der Waals surface area (Å²) in [5, 5.41) is 0. The Morgan fingerprint density at radius 2 is 1.15 bits per heavy atom. The maximum Gasteiger partial charge on any atom is 0.288 e. The lowest BCUT2D eigenvalue weighted by Crippen LogP contribution is -1.74. The molecule has 0 saturated heterocycles. The van der Waals surface area contributed by atoms with E-state index in [0.29, 0.717) is 0 Å². The number of aryl methyl sites for hydroxylation is 2. The predicted octanol–water partition coefficient (Wildman–Crippen LogP) is 6.74. The molecule has 1 nitrogen and oxygen atoms in total. The molecule has 0 bridgehead atoms. The van der Waals surface area contributed by atoms with Gasteiger partial charge in [-0.2, -0.15) is 0 Å². The van der Waals surface area contributed by atoms with E-state index in [4.69, 9.17) is 12.2 Å². The molecular formula is C12H6OS7. The van der Waals surface area contributed by atoms with Gasteiger partial charge in [0, 0.05) is 9.75 Å². The molecule has 0 N–H and O–H groups in total. The molecule has 0 aromatic carbocycles. The number of thiophene rings is 2. The fraction of sp³-hybridized carbons (Fsp3) is 0.167. The van der Waals surface area contributed by atoms with Crippen LogP contribution in [0.1, 0.15) is 9.75 Å². The number of rotatable bonds is 1. The molecule has 4 heterocycles. The molecule has 0 aliphatic carbocycles. The van der Waals surface area contributed by atoms with Gasteiger partial charge in [0.25, 0.3) is 4.06 Å². The van der Waals surface area contributed by atoms with Crippen molar-refractivity contribution in [2.75, 3.05) is 0 Å². The zero-order valence-corrected chi connectivity index (χ0v) is 16.0. The van der Waals surface area contributed by atoms with Gasteiger partial charge in [-0.1, -0.05) is 34.9 Å². The predicted molar refractivity (Wildman–Crippen MR) is 101 cm³/mol. The minimum atomic E-state index is 0.189. The fourth-order valence-electron chi connectivity index (χ4n) is 2.11. The van der Waals surface area contributed by atoms with Gasteiger partial charge in [-0.25, -0.2) is 0 Å². The second kappa shape index (κ2) is 4.77. The summed E-state index contributed by atoms with van der Waals surface area (Å²) < 4.78 is 6.12. The van der Waals surface area contributed by atoms with Crippen LogP contribution in [0.2, 0.25) is 0 Å². The van der Waals surface area contributed by atoms with Gasteiger partial charge in [-0.05, 0) is 13.8 Å². The normalized spacial score (nSPS) is 11.9. The molecular weight excluding hydrogens is 385 g/mol. The van der Waals surface area contributed by atoms with Crippen LogP contribution in [0.15, 0.2) is 4.79 Å². The summed E-state index contributed by atoms with van der Waals surface area (Å²) >= 11 is 15.1. The van der Waals surface area contributed by atoms with Crippen LogP contribution in [-0.2, 0) is 0 Å². The number of fused-ring (bicyclic) bond motifs is 2. The maximum absolute atomic E-state index is 11.7. The number of hydrogen-bond acceptors (Lipinski definition) is 8. The van der Waals surface area contributed by atoms with Crippen molar-refractivity contribution in [3.05, 3.63) is 21.7 Å². The quantitative estimate of drug-likeness (QED) is 0.335. The van der Waals surface area contributed by atoms with Gasteiger partial charge < -0.3 is 0 Å². The van der Waals surface area contributed by atoms with Crippen LogP contribution < -0.4 is 4.06 Å². The van der Waals surface area contributed by atoms with Crippen LogP contribution in [0.4, 0.5) is 0 Å². The summed E-state index contributed by atoms with van der Waals surface area (Å²) in [4.78, 5) is 16.8. The lowest BCUT2D eigenvalue weighted by Gasteiger charge is -1.91. The summed E-state index contributed by atoms with van der Waals surface area (Å²) in [5.74, 6) is 0. The van der Waals surface area contributed by atoms with Crippen LogP contribution in [0.5, 0.6) is 0 Å². The van der Waals surface area contributed by atoms with E-state index in [1.807, 2.05) is 11.3 Å². The Kier molecular flexibility index (Phi) is 3.26. The van der Waals surface area contributed by atoms with E-state index in [9.17, 15) is 4.79 Å². The second-order valence-corrected chi connectivity index (χ2v) is 12.1. The molecule has 0 amide bonds. The second-order valence-electron chi connectivity index (χ2n) is 4.20. The minimum absolute atomic E-state index is 0.189. The summed E-state index contributed by atoms with van der Waals surface area (Å²) in [7, 11) is 0. The molecule has 0 atom stereocenters. The van der Waals surface area contributed by atoms with E-state index in [-0.39, 0.29) is 4.06 Å². The maximum atomic E-state index is 11.7. The van der Waals surface area contributed by atoms with E-state index in [0.717, 1.165) is 12.5 Å². The molecule has 0 spiro atoms. The first-order valence-corrected chi connectivity index (χ1v) is 10.9. The molecule has 4 rings (SSSR count). The third-order valence-electron chi connectivity index (χ3n) is 2.92. The molecule has 0 aliphatic rings. The SMILES string of the molecule is Cc1sc(-c2sc(C)c3sc(=S)sc23)c2sc(=O)sc12. The van der Waals surface area contributed by atoms with E-state index in [2.05, 4.69) is 13.8 Å². The summed E-state index contributed by atoms with van der Waals surface area (Å²) in [6.45, 7) is 4.26. The average Bonchev–Trinajstić information content (AvgIpc) is 3.07. The van der Waals surface area contributed by atoms with Crippen molar-refractivity contribution < 1.29 is 0 Å². The molecule has 4 aromatic heterocycles. The standard InChI is InChI=1S/C12H6OS7/c1-3-5-7(18-11(13)17-5)9(15-3)10-8-6(4(2)16-10)19-12(14)20-8/h1-2H3. The van der Waals surface area contributed by atoms with E-state index < -0.39 is 0 Å². The lowest BCUT2D eigenvalue weighted by molar-refractivity contribution is 1.72. The molecule has 20 heavy (non-hydrogen) atoms. The largest absolute Gasteiger partial charge is 0.288 e. The van der Waals surface area contributed by atoms with Crippen molar-refractivity contribution in [2.45, 2.75) is 13.8 Å². The first-order valence-electron chi connectivity index (χ1n) is 5.61. The van der Waals surface area contributed by atoms with Crippen molar-refractivity contribution in [1.82, 2.24) is 0 Å². The van der Waals surface area contributed by atoms with Gasteiger partial charge in [0.1, 0.15) is 3.14 Å².